The number of benzene rings is 1. The van der Waals surface area contributed by atoms with Gasteiger partial charge in [-0.3, -0.25) is 4.79 Å². The number of carbonyl (C=O) groups is 1. The van der Waals surface area contributed by atoms with Crippen LogP contribution in [0.2, 0.25) is 0 Å². The van der Waals surface area contributed by atoms with Gasteiger partial charge in [0.2, 0.25) is 5.76 Å². The second-order valence-electron chi connectivity index (χ2n) is 5.44. The van der Waals surface area contributed by atoms with Crippen molar-refractivity contribution in [3.63, 3.8) is 0 Å². The highest BCUT2D eigenvalue weighted by Gasteiger charge is 2.30. The summed E-state index contributed by atoms with van der Waals surface area (Å²) in [6.07, 6.45) is 0.879. The Labute approximate surface area is 122 Å². The zero-order valence-corrected chi connectivity index (χ0v) is 12.1. The first kappa shape index (κ1) is 13.8. The number of hydrogen-bond donors (Lipinski definition) is 0. The third kappa shape index (κ3) is 2.68. The lowest BCUT2D eigenvalue weighted by Crippen LogP contribution is -2.28. The van der Waals surface area contributed by atoms with Gasteiger partial charge in [0.05, 0.1) is 5.69 Å². The van der Waals surface area contributed by atoms with Crippen LogP contribution in [0, 0.1) is 19.7 Å². The van der Waals surface area contributed by atoms with Crippen LogP contribution in [-0.2, 0) is 0 Å². The molecule has 1 atom stereocenters. The Morgan fingerprint density at radius 1 is 1.33 bits per heavy atom. The van der Waals surface area contributed by atoms with Gasteiger partial charge in [-0.1, -0.05) is 12.1 Å². The summed E-state index contributed by atoms with van der Waals surface area (Å²) in [5.74, 6) is 0.728. The third-order valence-electron chi connectivity index (χ3n) is 3.91. The molecule has 0 spiro atoms. The second kappa shape index (κ2) is 5.31. The van der Waals surface area contributed by atoms with Crippen molar-refractivity contribution < 1.29 is 13.6 Å². The van der Waals surface area contributed by atoms with Crippen molar-refractivity contribution in [2.45, 2.75) is 26.2 Å². The van der Waals surface area contributed by atoms with Crippen LogP contribution in [0.25, 0.3) is 0 Å². The molecule has 1 aliphatic rings. The molecular formula is C16H17FN2O2. The molecular weight excluding hydrogens is 271 g/mol. The molecule has 0 saturated carbocycles. The molecule has 1 fully saturated rings. The molecule has 0 radical (unpaired) electrons. The van der Waals surface area contributed by atoms with Crippen molar-refractivity contribution >= 4 is 5.91 Å². The lowest BCUT2D eigenvalue weighted by molar-refractivity contribution is 0.0757. The minimum Gasteiger partial charge on any atom is -0.436 e. The minimum absolute atomic E-state index is 0.113. The van der Waals surface area contributed by atoms with Gasteiger partial charge in [0.1, 0.15) is 5.82 Å². The number of amides is 1. The highest BCUT2D eigenvalue weighted by Crippen LogP contribution is 2.28. The number of aromatic nitrogens is 1. The quantitative estimate of drug-likeness (QED) is 0.853. The van der Waals surface area contributed by atoms with E-state index in [1.165, 1.54) is 12.1 Å². The number of oxazole rings is 1. The standard InChI is InChI=1S/C16H17FN2O2/c1-10-15(21-11(2)18-10)16(20)19-8-7-13(9-19)12-3-5-14(17)6-4-12/h3-6,13H,7-9H2,1-2H3/t13-/m1/s1. The first-order chi connectivity index (χ1) is 10.0. The summed E-state index contributed by atoms with van der Waals surface area (Å²) in [7, 11) is 0. The minimum atomic E-state index is -0.238. The van der Waals surface area contributed by atoms with Crippen LogP contribution in [0.5, 0.6) is 0 Å². The average molecular weight is 288 g/mol. The van der Waals surface area contributed by atoms with Crippen molar-refractivity contribution in [1.29, 1.82) is 0 Å². The van der Waals surface area contributed by atoms with Gasteiger partial charge in [0.25, 0.3) is 5.91 Å². The Kier molecular flexibility index (Phi) is 3.49. The summed E-state index contributed by atoms with van der Waals surface area (Å²) in [6, 6.07) is 6.50. The molecule has 110 valence electrons. The van der Waals surface area contributed by atoms with E-state index in [0.29, 0.717) is 30.4 Å². The first-order valence-corrected chi connectivity index (χ1v) is 7.03. The number of aryl methyl sites for hydroxylation is 2. The van der Waals surface area contributed by atoms with Gasteiger partial charge in [-0.05, 0) is 31.0 Å². The fourth-order valence-electron chi connectivity index (χ4n) is 2.83. The molecule has 1 saturated heterocycles. The molecule has 0 bridgehead atoms. The Balaban J connectivity index is 1.73. The van der Waals surface area contributed by atoms with Crippen LogP contribution in [0.15, 0.2) is 28.7 Å². The molecule has 2 aromatic rings. The van der Waals surface area contributed by atoms with Crippen molar-refractivity contribution in [2.24, 2.45) is 0 Å². The van der Waals surface area contributed by atoms with E-state index < -0.39 is 0 Å². The van der Waals surface area contributed by atoms with Gasteiger partial charge in [-0.15, -0.1) is 0 Å². The predicted octanol–water partition coefficient (Wildman–Crippen LogP) is 3.06. The first-order valence-electron chi connectivity index (χ1n) is 7.03. The van der Waals surface area contributed by atoms with E-state index >= 15 is 0 Å². The van der Waals surface area contributed by atoms with Crippen LogP contribution in [0.4, 0.5) is 4.39 Å². The fraction of sp³-hybridized carbons (Fsp3) is 0.375. The SMILES string of the molecule is Cc1nc(C)c(C(=O)N2CC[C@@H](c3ccc(F)cc3)C2)o1. The topological polar surface area (TPSA) is 46.3 Å². The fourth-order valence-corrected chi connectivity index (χ4v) is 2.83. The number of likely N-dealkylation sites (tertiary alicyclic amines) is 1. The molecule has 1 aliphatic heterocycles. The molecule has 1 aromatic carbocycles. The normalized spacial score (nSPS) is 18.2. The van der Waals surface area contributed by atoms with E-state index in [9.17, 15) is 9.18 Å². The molecule has 3 rings (SSSR count). The maximum absolute atomic E-state index is 13.0. The van der Waals surface area contributed by atoms with E-state index in [1.54, 1.807) is 30.9 Å². The lowest BCUT2D eigenvalue weighted by Gasteiger charge is -2.15. The Morgan fingerprint density at radius 2 is 2.05 bits per heavy atom. The zero-order chi connectivity index (χ0) is 15.0. The van der Waals surface area contributed by atoms with E-state index in [4.69, 9.17) is 4.42 Å². The maximum Gasteiger partial charge on any atom is 0.291 e. The lowest BCUT2D eigenvalue weighted by atomic mass is 9.99. The van der Waals surface area contributed by atoms with Gasteiger partial charge in [-0.2, -0.15) is 0 Å². The van der Waals surface area contributed by atoms with E-state index in [1.807, 2.05) is 0 Å². The number of nitrogens with zero attached hydrogens (tertiary/aromatic N) is 2. The van der Waals surface area contributed by atoms with Crippen LogP contribution in [0.1, 0.15) is 40.0 Å². The van der Waals surface area contributed by atoms with Gasteiger partial charge >= 0.3 is 0 Å². The van der Waals surface area contributed by atoms with Crippen molar-refractivity contribution in [2.75, 3.05) is 13.1 Å². The monoisotopic (exact) mass is 288 g/mol. The Morgan fingerprint density at radius 3 is 2.67 bits per heavy atom. The van der Waals surface area contributed by atoms with Crippen molar-refractivity contribution in [3.8, 4) is 0 Å². The molecule has 21 heavy (non-hydrogen) atoms. The number of rotatable bonds is 2. The molecule has 5 heteroatoms. The van der Waals surface area contributed by atoms with Gasteiger partial charge in [0, 0.05) is 25.9 Å². The highest BCUT2D eigenvalue weighted by molar-refractivity contribution is 5.92. The van der Waals surface area contributed by atoms with E-state index in [0.717, 1.165) is 12.0 Å². The van der Waals surface area contributed by atoms with Crippen LogP contribution in [0.3, 0.4) is 0 Å². The smallest absolute Gasteiger partial charge is 0.291 e. The van der Waals surface area contributed by atoms with Crippen molar-refractivity contribution in [1.82, 2.24) is 9.88 Å². The Bertz CT molecular complexity index is 663. The van der Waals surface area contributed by atoms with E-state index in [-0.39, 0.29) is 17.6 Å². The molecule has 0 N–H and O–H groups in total. The Hall–Kier alpha value is -2.17. The van der Waals surface area contributed by atoms with Crippen LogP contribution in [-0.4, -0.2) is 28.9 Å². The number of carbonyl (C=O) groups excluding carboxylic acids is 1. The summed E-state index contributed by atoms with van der Waals surface area (Å²) in [6.45, 7) is 4.82. The van der Waals surface area contributed by atoms with Crippen molar-refractivity contribution in [3.05, 3.63) is 53.0 Å². The largest absolute Gasteiger partial charge is 0.436 e. The van der Waals surface area contributed by atoms with Gasteiger partial charge < -0.3 is 9.32 Å². The average Bonchev–Trinajstić information content (AvgIpc) is 3.06. The maximum atomic E-state index is 13.0. The highest BCUT2D eigenvalue weighted by atomic mass is 19.1. The number of halogens is 1. The summed E-state index contributed by atoms with van der Waals surface area (Å²) in [5, 5.41) is 0. The van der Waals surface area contributed by atoms with Gasteiger partial charge in [0.15, 0.2) is 5.89 Å². The molecule has 2 heterocycles. The molecule has 1 aromatic heterocycles. The predicted molar refractivity (Wildman–Crippen MR) is 75.6 cm³/mol. The van der Waals surface area contributed by atoms with Gasteiger partial charge in [-0.25, -0.2) is 9.37 Å². The van der Waals surface area contributed by atoms with Crippen LogP contribution < -0.4 is 0 Å². The summed E-state index contributed by atoms with van der Waals surface area (Å²) in [4.78, 5) is 18.4. The molecule has 1 amide bonds. The third-order valence-corrected chi connectivity index (χ3v) is 3.91. The summed E-state index contributed by atoms with van der Waals surface area (Å²) >= 11 is 0. The molecule has 0 unspecified atom stereocenters. The molecule has 0 aliphatic carbocycles. The zero-order valence-electron chi connectivity index (χ0n) is 12.1. The molecule has 4 nitrogen and oxygen atoms in total. The van der Waals surface area contributed by atoms with Crippen LogP contribution >= 0.6 is 0 Å². The summed E-state index contributed by atoms with van der Waals surface area (Å²) < 4.78 is 18.4. The second-order valence-corrected chi connectivity index (χ2v) is 5.44. The van der Waals surface area contributed by atoms with E-state index in [2.05, 4.69) is 4.98 Å². The summed E-state index contributed by atoms with van der Waals surface area (Å²) in [5.41, 5.74) is 1.69. The number of hydrogen-bond acceptors (Lipinski definition) is 3.